The molecule has 0 saturated carbocycles. The standard InChI is InChI=1S/C19H30ClN3O2/c1-4-15-11-16(20)5-6-18(15)21-19(25)23-9-8-22(12-14(2)3)17(13-23)7-10-24/h5-6,11,14,17,24H,4,7-10,12-13H2,1-3H3,(H,21,25)/t17-/m0/s1. The van der Waals surface area contributed by atoms with Crippen LogP contribution in [-0.2, 0) is 6.42 Å². The molecule has 25 heavy (non-hydrogen) atoms. The van der Waals surface area contributed by atoms with Crippen molar-refractivity contribution < 1.29 is 9.90 Å². The fourth-order valence-electron chi connectivity index (χ4n) is 3.38. The Kier molecular flexibility index (Phi) is 7.54. The number of hydrogen-bond donors (Lipinski definition) is 2. The minimum atomic E-state index is -0.0795. The molecular formula is C19H30ClN3O2. The Morgan fingerprint density at radius 3 is 2.80 bits per heavy atom. The lowest BCUT2D eigenvalue weighted by molar-refractivity contribution is 0.0689. The van der Waals surface area contributed by atoms with Gasteiger partial charge in [-0.3, -0.25) is 4.90 Å². The maximum absolute atomic E-state index is 12.7. The third kappa shape index (κ3) is 5.59. The molecule has 1 atom stereocenters. The first-order valence-corrected chi connectivity index (χ1v) is 9.51. The number of aliphatic hydroxyl groups excluding tert-OH is 1. The first-order valence-electron chi connectivity index (χ1n) is 9.13. The smallest absolute Gasteiger partial charge is 0.321 e. The first kappa shape index (κ1) is 20.0. The number of amides is 2. The highest BCUT2D eigenvalue weighted by molar-refractivity contribution is 6.30. The molecule has 1 aromatic carbocycles. The Hall–Kier alpha value is -1.30. The highest BCUT2D eigenvalue weighted by atomic mass is 35.5. The minimum Gasteiger partial charge on any atom is -0.396 e. The van der Waals surface area contributed by atoms with E-state index in [0.717, 1.165) is 30.8 Å². The summed E-state index contributed by atoms with van der Waals surface area (Å²) in [7, 11) is 0. The second-order valence-electron chi connectivity index (χ2n) is 7.09. The molecule has 1 aromatic rings. The third-order valence-electron chi connectivity index (χ3n) is 4.64. The molecule has 2 amide bonds. The summed E-state index contributed by atoms with van der Waals surface area (Å²) >= 11 is 6.04. The number of carbonyl (C=O) groups excluding carboxylic acids is 1. The Balaban J connectivity index is 2.02. The van der Waals surface area contributed by atoms with Gasteiger partial charge >= 0.3 is 6.03 Å². The number of rotatable bonds is 6. The average Bonchev–Trinajstić information content (AvgIpc) is 2.57. The fourth-order valence-corrected chi connectivity index (χ4v) is 3.58. The van der Waals surface area contributed by atoms with Crippen molar-refractivity contribution in [3.8, 4) is 0 Å². The van der Waals surface area contributed by atoms with Gasteiger partial charge in [-0.2, -0.15) is 0 Å². The molecule has 1 saturated heterocycles. The van der Waals surface area contributed by atoms with Gasteiger partial charge in [-0.05, 0) is 42.5 Å². The molecule has 0 aliphatic carbocycles. The van der Waals surface area contributed by atoms with Crippen molar-refractivity contribution >= 4 is 23.3 Å². The van der Waals surface area contributed by atoms with Gasteiger partial charge in [-0.1, -0.05) is 32.4 Å². The number of halogens is 1. The van der Waals surface area contributed by atoms with Gasteiger partial charge in [-0.15, -0.1) is 0 Å². The number of nitrogens with one attached hydrogen (secondary N) is 1. The summed E-state index contributed by atoms with van der Waals surface area (Å²) in [6.45, 7) is 9.78. The topological polar surface area (TPSA) is 55.8 Å². The van der Waals surface area contributed by atoms with Crippen molar-refractivity contribution in [2.24, 2.45) is 5.92 Å². The summed E-state index contributed by atoms with van der Waals surface area (Å²) in [4.78, 5) is 16.9. The zero-order valence-corrected chi connectivity index (χ0v) is 16.2. The number of hydrogen-bond acceptors (Lipinski definition) is 3. The number of urea groups is 1. The van der Waals surface area contributed by atoms with E-state index in [1.165, 1.54) is 0 Å². The molecule has 5 nitrogen and oxygen atoms in total. The normalized spacial score (nSPS) is 18.6. The molecule has 2 rings (SSSR count). The number of carbonyl (C=O) groups is 1. The first-order chi connectivity index (χ1) is 11.9. The summed E-state index contributed by atoms with van der Waals surface area (Å²) in [6.07, 6.45) is 1.50. The molecular weight excluding hydrogens is 338 g/mol. The fraction of sp³-hybridized carbons (Fsp3) is 0.632. The van der Waals surface area contributed by atoms with Crippen molar-refractivity contribution in [2.45, 2.75) is 39.7 Å². The Labute approximate surface area is 155 Å². The number of piperazine rings is 1. The second-order valence-corrected chi connectivity index (χ2v) is 7.52. The minimum absolute atomic E-state index is 0.0795. The van der Waals surface area contributed by atoms with Crippen LogP contribution in [0.2, 0.25) is 5.02 Å². The van der Waals surface area contributed by atoms with E-state index in [-0.39, 0.29) is 18.7 Å². The van der Waals surface area contributed by atoms with Crippen molar-refractivity contribution in [1.29, 1.82) is 0 Å². The summed E-state index contributed by atoms with van der Waals surface area (Å²) < 4.78 is 0. The highest BCUT2D eigenvalue weighted by Gasteiger charge is 2.29. The van der Waals surface area contributed by atoms with Crippen molar-refractivity contribution in [3.63, 3.8) is 0 Å². The SMILES string of the molecule is CCc1cc(Cl)ccc1NC(=O)N1CCN(CC(C)C)[C@@H](CCO)C1. The van der Waals surface area contributed by atoms with Crippen molar-refractivity contribution in [2.75, 3.05) is 38.1 Å². The number of aliphatic hydroxyl groups is 1. The van der Waals surface area contributed by atoms with E-state index < -0.39 is 0 Å². The number of benzene rings is 1. The van der Waals surface area contributed by atoms with Crippen LogP contribution < -0.4 is 5.32 Å². The summed E-state index contributed by atoms with van der Waals surface area (Å²) in [5, 5.41) is 13.1. The molecule has 1 aliphatic rings. The number of aryl methyl sites for hydroxylation is 1. The molecule has 0 aromatic heterocycles. The molecule has 0 unspecified atom stereocenters. The predicted molar refractivity (Wildman–Crippen MR) is 103 cm³/mol. The highest BCUT2D eigenvalue weighted by Crippen LogP contribution is 2.22. The van der Waals surface area contributed by atoms with Crippen LogP contribution in [0.5, 0.6) is 0 Å². The lowest BCUT2D eigenvalue weighted by atomic mass is 10.1. The molecule has 140 valence electrons. The van der Waals surface area contributed by atoms with Gasteiger partial charge in [0.25, 0.3) is 0 Å². The molecule has 0 spiro atoms. The van der Waals surface area contributed by atoms with E-state index in [9.17, 15) is 9.90 Å². The Morgan fingerprint density at radius 2 is 2.16 bits per heavy atom. The van der Waals surface area contributed by atoms with Crippen LogP contribution in [0, 0.1) is 5.92 Å². The number of nitrogens with zero attached hydrogens (tertiary/aromatic N) is 2. The summed E-state index contributed by atoms with van der Waals surface area (Å²) in [5.74, 6) is 0.572. The van der Waals surface area contributed by atoms with E-state index >= 15 is 0 Å². The Bertz CT molecular complexity index is 580. The second kappa shape index (κ2) is 9.41. The van der Waals surface area contributed by atoms with Gasteiger partial charge in [0.05, 0.1) is 0 Å². The van der Waals surface area contributed by atoms with E-state index in [0.29, 0.717) is 30.5 Å². The van der Waals surface area contributed by atoms with Crippen LogP contribution in [0.25, 0.3) is 0 Å². The van der Waals surface area contributed by atoms with Gasteiger partial charge < -0.3 is 15.3 Å². The molecule has 1 fully saturated rings. The van der Waals surface area contributed by atoms with Crippen LogP contribution in [0.15, 0.2) is 18.2 Å². The van der Waals surface area contributed by atoms with Gasteiger partial charge in [0, 0.05) is 49.5 Å². The lowest BCUT2D eigenvalue weighted by Gasteiger charge is -2.42. The van der Waals surface area contributed by atoms with E-state index in [1.54, 1.807) is 6.07 Å². The molecule has 1 aliphatic heterocycles. The van der Waals surface area contributed by atoms with Crippen LogP contribution in [0.3, 0.4) is 0 Å². The number of anilines is 1. The molecule has 6 heteroatoms. The lowest BCUT2D eigenvalue weighted by Crippen LogP contribution is -2.56. The average molecular weight is 368 g/mol. The molecule has 0 radical (unpaired) electrons. The van der Waals surface area contributed by atoms with Crippen LogP contribution in [0.4, 0.5) is 10.5 Å². The quantitative estimate of drug-likeness (QED) is 0.809. The maximum atomic E-state index is 12.7. The van der Waals surface area contributed by atoms with E-state index in [2.05, 4.69) is 24.1 Å². The summed E-state index contributed by atoms with van der Waals surface area (Å²) in [6, 6.07) is 5.68. The van der Waals surface area contributed by atoms with Crippen molar-refractivity contribution in [1.82, 2.24) is 9.80 Å². The largest absolute Gasteiger partial charge is 0.396 e. The molecule has 2 N–H and O–H groups in total. The zero-order valence-electron chi connectivity index (χ0n) is 15.5. The Morgan fingerprint density at radius 1 is 1.40 bits per heavy atom. The maximum Gasteiger partial charge on any atom is 0.321 e. The van der Waals surface area contributed by atoms with Crippen LogP contribution in [-0.4, -0.2) is 59.8 Å². The van der Waals surface area contributed by atoms with Gasteiger partial charge in [0.2, 0.25) is 0 Å². The van der Waals surface area contributed by atoms with E-state index in [1.807, 2.05) is 24.0 Å². The molecule has 1 heterocycles. The molecule has 0 bridgehead atoms. The zero-order chi connectivity index (χ0) is 18.4. The third-order valence-corrected chi connectivity index (χ3v) is 4.88. The van der Waals surface area contributed by atoms with Crippen LogP contribution in [0.1, 0.15) is 32.8 Å². The van der Waals surface area contributed by atoms with Gasteiger partial charge in [0.15, 0.2) is 0 Å². The van der Waals surface area contributed by atoms with Gasteiger partial charge in [0.1, 0.15) is 0 Å². The van der Waals surface area contributed by atoms with Crippen molar-refractivity contribution in [3.05, 3.63) is 28.8 Å². The van der Waals surface area contributed by atoms with Crippen LogP contribution >= 0.6 is 11.6 Å². The van der Waals surface area contributed by atoms with E-state index in [4.69, 9.17) is 11.6 Å². The summed E-state index contributed by atoms with van der Waals surface area (Å²) in [5.41, 5.74) is 1.85. The predicted octanol–water partition coefficient (Wildman–Crippen LogP) is 3.46. The van der Waals surface area contributed by atoms with Gasteiger partial charge in [-0.25, -0.2) is 4.79 Å². The monoisotopic (exact) mass is 367 g/mol.